The maximum absolute atomic E-state index is 11.3. The van der Waals surface area contributed by atoms with Crippen LogP contribution in [0.1, 0.15) is 24.0 Å². The number of aryl methyl sites for hydroxylation is 2. The molecule has 0 aliphatic carbocycles. The molecule has 3 nitrogen and oxygen atoms in total. The number of rotatable bonds is 4. The number of hydrogen-bond donors (Lipinski definition) is 1. The third kappa shape index (κ3) is 5.14. The Kier molecular flexibility index (Phi) is 6.77. The van der Waals surface area contributed by atoms with Crippen LogP contribution in [-0.2, 0) is 4.79 Å². The SMILES string of the molecule is Cc1cc(C)cc(OC(=O)CCCN)c1.Cl. The van der Waals surface area contributed by atoms with Gasteiger partial charge in [-0.25, -0.2) is 0 Å². The fourth-order valence-electron chi connectivity index (χ4n) is 1.42. The smallest absolute Gasteiger partial charge is 0.311 e. The molecule has 90 valence electrons. The Bertz CT molecular complexity index is 333. The Morgan fingerprint density at radius 3 is 2.31 bits per heavy atom. The molecule has 0 fully saturated rings. The van der Waals surface area contributed by atoms with Gasteiger partial charge in [0.1, 0.15) is 5.75 Å². The van der Waals surface area contributed by atoms with Crippen LogP contribution in [-0.4, -0.2) is 12.5 Å². The molecule has 4 heteroatoms. The van der Waals surface area contributed by atoms with E-state index >= 15 is 0 Å². The van der Waals surface area contributed by atoms with Crippen molar-refractivity contribution in [3.8, 4) is 5.75 Å². The Hall–Kier alpha value is -1.06. The minimum Gasteiger partial charge on any atom is -0.427 e. The summed E-state index contributed by atoms with van der Waals surface area (Å²) in [7, 11) is 0. The molecule has 0 spiro atoms. The first-order valence-electron chi connectivity index (χ1n) is 5.11. The van der Waals surface area contributed by atoms with Crippen molar-refractivity contribution in [2.75, 3.05) is 6.54 Å². The summed E-state index contributed by atoms with van der Waals surface area (Å²) in [4.78, 5) is 11.3. The monoisotopic (exact) mass is 243 g/mol. The van der Waals surface area contributed by atoms with Gasteiger partial charge in [0.15, 0.2) is 0 Å². The molecule has 0 bridgehead atoms. The van der Waals surface area contributed by atoms with Crippen molar-refractivity contribution in [1.29, 1.82) is 0 Å². The van der Waals surface area contributed by atoms with Gasteiger partial charge in [-0.1, -0.05) is 6.07 Å². The van der Waals surface area contributed by atoms with Gasteiger partial charge in [-0.15, -0.1) is 12.4 Å². The van der Waals surface area contributed by atoms with Crippen molar-refractivity contribution in [2.24, 2.45) is 5.73 Å². The summed E-state index contributed by atoms with van der Waals surface area (Å²) >= 11 is 0. The third-order valence-electron chi connectivity index (χ3n) is 2.01. The van der Waals surface area contributed by atoms with Gasteiger partial charge in [0.25, 0.3) is 0 Å². The van der Waals surface area contributed by atoms with E-state index in [9.17, 15) is 4.79 Å². The highest BCUT2D eigenvalue weighted by molar-refractivity contribution is 5.85. The molecule has 0 aliphatic heterocycles. The summed E-state index contributed by atoms with van der Waals surface area (Å²) in [6, 6.07) is 5.75. The maximum Gasteiger partial charge on any atom is 0.311 e. The van der Waals surface area contributed by atoms with Gasteiger partial charge < -0.3 is 10.5 Å². The fraction of sp³-hybridized carbons (Fsp3) is 0.417. The summed E-state index contributed by atoms with van der Waals surface area (Å²) in [6.45, 7) is 4.47. The highest BCUT2D eigenvalue weighted by Gasteiger charge is 2.04. The third-order valence-corrected chi connectivity index (χ3v) is 2.01. The number of ether oxygens (including phenoxy) is 1. The molecule has 2 N–H and O–H groups in total. The van der Waals surface area contributed by atoms with Gasteiger partial charge in [0.05, 0.1) is 0 Å². The standard InChI is InChI=1S/C12H17NO2.ClH/c1-9-6-10(2)8-11(7-9)15-12(14)4-3-5-13;/h6-8H,3-5,13H2,1-2H3;1H. The first kappa shape index (κ1) is 14.9. The topological polar surface area (TPSA) is 52.3 Å². The van der Waals surface area contributed by atoms with Gasteiger partial charge >= 0.3 is 5.97 Å². The van der Waals surface area contributed by atoms with Crippen molar-refractivity contribution >= 4 is 18.4 Å². The molecule has 1 aromatic rings. The molecule has 0 radical (unpaired) electrons. The molecular formula is C12H18ClNO2. The highest BCUT2D eigenvalue weighted by Crippen LogP contribution is 2.16. The van der Waals surface area contributed by atoms with E-state index in [0.29, 0.717) is 25.1 Å². The van der Waals surface area contributed by atoms with E-state index in [-0.39, 0.29) is 18.4 Å². The maximum atomic E-state index is 11.3. The number of hydrogen-bond acceptors (Lipinski definition) is 3. The van der Waals surface area contributed by atoms with Gasteiger partial charge in [-0.3, -0.25) is 4.79 Å². The van der Waals surface area contributed by atoms with Crippen molar-refractivity contribution in [3.63, 3.8) is 0 Å². The number of benzene rings is 1. The van der Waals surface area contributed by atoms with E-state index in [1.54, 1.807) is 0 Å². The van der Waals surface area contributed by atoms with Crippen molar-refractivity contribution in [1.82, 2.24) is 0 Å². The zero-order valence-corrected chi connectivity index (χ0v) is 10.5. The van der Waals surface area contributed by atoms with Crippen LogP contribution >= 0.6 is 12.4 Å². The predicted molar refractivity (Wildman–Crippen MR) is 67.1 cm³/mol. The molecule has 16 heavy (non-hydrogen) atoms. The Morgan fingerprint density at radius 2 is 1.81 bits per heavy atom. The van der Waals surface area contributed by atoms with Crippen molar-refractivity contribution in [3.05, 3.63) is 29.3 Å². The second kappa shape index (κ2) is 7.25. The highest BCUT2D eigenvalue weighted by atomic mass is 35.5. The lowest BCUT2D eigenvalue weighted by Crippen LogP contribution is -2.10. The van der Waals surface area contributed by atoms with Crippen LogP contribution in [0.4, 0.5) is 0 Å². The second-order valence-electron chi connectivity index (χ2n) is 3.69. The van der Waals surface area contributed by atoms with Crippen LogP contribution in [0.2, 0.25) is 0 Å². The van der Waals surface area contributed by atoms with Crippen molar-refractivity contribution in [2.45, 2.75) is 26.7 Å². The Morgan fingerprint density at radius 1 is 1.25 bits per heavy atom. The molecule has 1 rings (SSSR count). The zero-order chi connectivity index (χ0) is 11.3. The first-order valence-corrected chi connectivity index (χ1v) is 5.11. The number of halogens is 1. The molecule has 0 saturated heterocycles. The summed E-state index contributed by atoms with van der Waals surface area (Å²) < 4.78 is 5.18. The molecular weight excluding hydrogens is 226 g/mol. The Labute approximate surface area is 102 Å². The van der Waals surface area contributed by atoms with E-state index < -0.39 is 0 Å². The molecule has 0 saturated carbocycles. The quantitative estimate of drug-likeness (QED) is 0.653. The van der Waals surface area contributed by atoms with Gasteiger partial charge in [-0.05, 0) is 50.1 Å². The first-order chi connectivity index (χ1) is 7.11. The number of esters is 1. The molecule has 0 atom stereocenters. The fourth-order valence-corrected chi connectivity index (χ4v) is 1.42. The average Bonchev–Trinajstić information content (AvgIpc) is 2.13. The number of carbonyl (C=O) groups is 1. The van der Waals surface area contributed by atoms with Gasteiger partial charge in [0, 0.05) is 6.42 Å². The van der Waals surface area contributed by atoms with Crippen molar-refractivity contribution < 1.29 is 9.53 Å². The van der Waals surface area contributed by atoms with E-state index in [1.165, 1.54) is 0 Å². The minimum atomic E-state index is -0.217. The number of nitrogens with two attached hydrogens (primary N) is 1. The molecule has 1 aromatic carbocycles. The summed E-state index contributed by atoms with van der Waals surface area (Å²) in [5.41, 5.74) is 7.50. The van der Waals surface area contributed by atoms with E-state index in [1.807, 2.05) is 32.0 Å². The van der Waals surface area contributed by atoms with Crippen LogP contribution < -0.4 is 10.5 Å². The lowest BCUT2D eigenvalue weighted by Gasteiger charge is -2.05. The molecule has 0 aliphatic rings. The number of carbonyl (C=O) groups excluding carboxylic acids is 1. The van der Waals surface area contributed by atoms with Crippen LogP contribution in [0.25, 0.3) is 0 Å². The molecule has 0 amide bonds. The summed E-state index contributed by atoms with van der Waals surface area (Å²) in [5.74, 6) is 0.403. The van der Waals surface area contributed by atoms with Crippen LogP contribution in [0.3, 0.4) is 0 Å². The van der Waals surface area contributed by atoms with E-state index in [2.05, 4.69) is 0 Å². The lowest BCUT2D eigenvalue weighted by atomic mass is 10.1. The zero-order valence-electron chi connectivity index (χ0n) is 9.66. The molecule has 0 heterocycles. The summed E-state index contributed by atoms with van der Waals surface area (Å²) in [5, 5.41) is 0. The molecule has 0 aromatic heterocycles. The summed E-state index contributed by atoms with van der Waals surface area (Å²) in [6.07, 6.45) is 1.05. The van der Waals surface area contributed by atoms with Gasteiger partial charge in [0.2, 0.25) is 0 Å². The van der Waals surface area contributed by atoms with Gasteiger partial charge in [-0.2, -0.15) is 0 Å². The normalized spacial score (nSPS) is 9.44. The Balaban J connectivity index is 0.00000225. The van der Waals surface area contributed by atoms with Crippen LogP contribution in [0.15, 0.2) is 18.2 Å². The second-order valence-corrected chi connectivity index (χ2v) is 3.69. The molecule has 0 unspecified atom stereocenters. The minimum absolute atomic E-state index is 0. The lowest BCUT2D eigenvalue weighted by molar-refractivity contribution is -0.134. The van der Waals surface area contributed by atoms with Crippen LogP contribution in [0, 0.1) is 13.8 Å². The van der Waals surface area contributed by atoms with Crippen LogP contribution in [0.5, 0.6) is 5.75 Å². The average molecular weight is 244 g/mol. The van der Waals surface area contributed by atoms with E-state index in [0.717, 1.165) is 11.1 Å². The van der Waals surface area contributed by atoms with E-state index in [4.69, 9.17) is 10.5 Å². The predicted octanol–water partition coefficient (Wildman–Crippen LogP) is 2.37. The largest absolute Gasteiger partial charge is 0.427 e.